The van der Waals surface area contributed by atoms with E-state index < -0.39 is 0 Å². The van der Waals surface area contributed by atoms with Crippen molar-refractivity contribution in [2.24, 2.45) is 17.6 Å². The van der Waals surface area contributed by atoms with Crippen LogP contribution >= 0.6 is 0 Å². The average molecular weight is 284 g/mol. The molecule has 3 rings (SSSR count). The van der Waals surface area contributed by atoms with Crippen molar-refractivity contribution in [2.75, 3.05) is 11.9 Å². The predicted molar refractivity (Wildman–Crippen MR) is 82.5 cm³/mol. The van der Waals surface area contributed by atoms with Crippen LogP contribution in [-0.4, -0.2) is 22.4 Å². The highest BCUT2D eigenvalue weighted by atomic mass is 16.1. The number of nitrogens with two attached hydrogens (primary N) is 1. The van der Waals surface area contributed by atoms with Crippen molar-refractivity contribution >= 4 is 11.6 Å². The molecule has 0 bridgehead atoms. The molecule has 1 saturated carbocycles. The van der Waals surface area contributed by atoms with Crippen molar-refractivity contribution in [3.63, 3.8) is 0 Å². The predicted octanol–water partition coefficient (Wildman–Crippen LogP) is 2.39. The van der Waals surface area contributed by atoms with Crippen LogP contribution in [0.2, 0.25) is 0 Å². The number of nitrogens with one attached hydrogen (secondary N) is 2. The fourth-order valence-electron chi connectivity index (χ4n) is 3.05. The SMILES string of the molecule is NCC1CCCC1C(=O)Nc1ccc(-c2cnc[nH]2)cc1. The number of imidazole rings is 1. The second kappa shape index (κ2) is 6.10. The van der Waals surface area contributed by atoms with Gasteiger partial charge in [0.25, 0.3) is 0 Å². The van der Waals surface area contributed by atoms with Crippen LogP contribution in [0, 0.1) is 11.8 Å². The van der Waals surface area contributed by atoms with Crippen molar-refractivity contribution in [3.8, 4) is 11.3 Å². The van der Waals surface area contributed by atoms with Crippen molar-refractivity contribution in [1.29, 1.82) is 0 Å². The van der Waals surface area contributed by atoms with E-state index in [1.165, 1.54) is 0 Å². The van der Waals surface area contributed by atoms with Gasteiger partial charge in [-0.1, -0.05) is 18.6 Å². The van der Waals surface area contributed by atoms with Crippen LogP contribution < -0.4 is 11.1 Å². The van der Waals surface area contributed by atoms with Crippen LogP contribution in [0.3, 0.4) is 0 Å². The molecule has 5 heteroatoms. The molecule has 2 unspecified atom stereocenters. The number of hydrogen-bond donors (Lipinski definition) is 3. The lowest BCUT2D eigenvalue weighted by atomic mass is 9.95. The third kappa shape index (κ3) is 2.97. The van der Waals surface area contributed by atoms with Crippen molar-refractivity contribution in [3.05, 3.63) is 36.8 Å². The molecule has 21 heavy (non-hydrogen) atoms. The van der Waals surface area contributed by atoms with Crippen LogP contribution in [0.4, 0.5) is 5.69 Å². The lowest BCUT2D eigenvalue weighted by Gasteiger charge is -2.17. The van der Waals surface area contributed by atoms with Gasteiger partial charge in [-0.25, -0.2) is 4.98 Å². The van der Waals surface area contributed by atoms with Crippen LogP contribution in [0.5, 0.6) is 0 Å². The molecular formula is C16H20N4O. The Kier molecular flexibility index (Phi) is 4.01. The highest BCUT2D eigenvalue weighted by molar-refractivity contribution is 5.93. The largest absolute Gasteiger partial charge is 0.345 e. The summed E-state index contributed by atoms with van der Waals surface area (Å²) >= 11 is 0. The van der Waals surface area contributed by atoms with E-state index in [0.29, 0.717) is 12.5 Å². The molecule has 0 radical (unpaired) electrons. The van der Waals surface area contributed by atoms with Gasteiger partial charge in [0.2, 0.25) is 5.91 Å². The van der Waals surface area contributed by atoms with E-state index in [1.807, 2.05) is 24.3 Å². The van der Waals surface area contributed by atoms with Crippen LogP contribution in [0.25, 0.3) is 11.3 Å². The molecule has 0 aliphatic heterocycles. The Morgan fingerprint density at radius 1 is 1.33 bits per heavy atom. The summed E-state index contributed by atoms with van der Waals surface area (Å²) in [5, 5.41) is 3.00. The van der Waals surface area contributed by atoms with E-state index in [1.54, 1.807) is 12.5 Å². The summed E-state index contributed by atoms with van der Waals surface area (Å²) in [6.45, 7) is 0.594. The summed E-state index contributed by atoms with van der Waals surface area (Å²) in [5.74, 6) is 0.480. The first kappa shape index (κ1) is 13.8. The normalized spacial score (nSPS) is 21.4. The van der Waals surface area contributed by atoms with Crippen LogP contribution in [-0.2, 0) is 4.79 Å². The first-order valence-electron chi connectivity index (χ1n) is 7.37. The Hall–Kier alpha value is -2.14. The zero-order valence-corrected chi connectivity index (χ0v) is 11.9. The van der Waals surface area contributed by atoms with E-state index in [-0.39, 0.29) is 11.8 Å². The summed E-state index contributed by atoms with van der Waals surface area (Å²) in [6, 6.07) is 7.78. The molecule has 5 nitrogen and oxygen atoms in total. The smallest absolute Gasteiger partial charge is 0.227 e. The lowest BCUT2D eigenvalue weighted by molar-refractivity contribution is -0.120. The minimum Gasteiger partial charge on any atom is -0.345 e. The molecule has 1 aliphatic carbocycles. The highest BCUT2D eigenvalue weighted by Crippen LogP contribution is 2.32. The number of benzene rings is 1. The van der Waals surface area contributed by atoms with Gasteiger partial charge >= 0.3 is 0 Å². The Morgan fingerprint density at radius 3 is 2.81 bits per heavy atom. The third-order valence-corrected chi connectivity index (χ3v) is 4.26. The van der Waals surface area contributed by atoms with Gasteiger partial charge in [0.05, 0.1) is 18.2 Å². The fraction of sp³-hybridized carbons (Fsp3) is 0.375. The molecule has 1 aliphatic rings. The van der Waals surface area contributed by atoms with Gasteiger partial charge in [0.1, 0.15) is 0 Å². The fourth-order valence-corrected chi connectivity index (χ4v) is 3.05. The topological polar surface area (TPSA) is 83.8 Å². The lowest BCUT2D eigenvalue weighted by Crippen LogP contribution is -2.29. The Morgan fingerprint density at radius 2 is 2.14 bits per heavy atom. The average Bonchev–Trinajstić information content (AvgIpc) is 3.19. The summed E-state index contributed by atoms with van der Waals surface area (Å²) in [5.41, 5.74) is 8.58. The number of nitrogens with zero attached hydrogens (tertiary/aromatic N) is 1. The summed E-state index contributed by atoms with van der Waals surface area (Å²) in [6.07, 6.45) is 6.53. The van der Waals surface area contributed by atoms with Crippen molar-refractivity contribution < 1.29 is 4.79 Å². The summed E-state index contributed by atoms with van der Waals surface area (Å²) in [4.78, 5) is 19.4. The quantitative estimate of drug-likeness (QED) is 0.806. The molecule has 1 aromatic heterocycles. The molecular weight excluding hydrogens is 264 g/mol. The maximum atomic E-state index is 12.3. The molecule has 110 valence electrons. The van der Waals surface area contributed by atoms with Crippen LogP contribution in [0.15, 0.2) is 36.8 Å². The van der Waals surface area contributed by atoms with Gasteiger partial charge in [0, 0.05) is 11.6 Å². The van der Waals surface area contributed by atoms with Gasteiger partial charge in [-0.15, -0.1) is 0 Å². The molecule has 1 fully saturated rings. The van der Waals surface area contributed by atoms with Gasteiger partial charge in [-0.2, -0.15) is 0 Å². The summed E-state index contributed by atoms with van der Waals surface area (Å²) in [7, 11) is 0. The van der Waals surface area contributed by atoms with E-state index in [9.17, 15) is 4.79 Å². The van der Waals surface area contributed by atoms with E-state index >= 15 is 0 Å². The number of rotatable bonds is 4. The van der Waals surface area contributed by atoms with Crippen molar-refractivity contribution in [1.82, 2.24) is 9.97 Å². The molecule has 4 N–H and O–H groups in total. The number of aromatic amines is 1. The summed E-state index contributed by atoms with van der Waals surface area (Å²) < 4.78 is 0. The standard InChI is InChI=1S/C16H20N4O/c17-8-12-2-1-3-14(12)16(21)20-13-6-4-11(5-7-13)15-9-18-10-19-15/h4-7,9-10,12,14H,1-3,8,17H2,(H,18,19)(H,20,21). The number of carbonyl (C=O) groups is 1. The highest BCUT2D eigenvalue weighted by Gasteiger charge is 2.31. The van der Waals surface area contributed by atoms with Gasteiger partial charge in [-0.3, -0.25) is 4.79 Å². The Labute approximate surface area is 124 Å². The van der Waals surface area contributed by atoms with E-state index in [2.05, 4.69) is 15.3 Å². The molecule has 1 aromatic carbocycles. The number of hydrogen-bond acceptors (Lipinski definition) is 3. The first-order chi connectivity index (χ1) is 10.3. The molecule has 0 saturated heterocycles. The minimum atomic E-state index is 0.0577. The minimum absolute atomic E-state index is 0.0577. The molecule has 2 atom stereocenters. The monoisotopic (exact) mass is 284 g/mol. The van der Waals surface area contributed by atoms with E-state index in [0.717, 1.165) is 36.2 Å². The first-order valence-corrected chi connectivity index (χ1v) is 7.37. The number of anilines is 1. The van der Waals surface area contributed by atoms with Crippen LogP contribution in [0.1, 0.15) is 19.3 Å². The Balaban J connectivity index is 1.66. The molecule has 1 heterocycles. The second-order valence-corrected chi connectivity index (χ2v) is 5.57. The maximum Gasteiger partial charge on any atom is 0.227 e. The molecule has 2 aromatic rings. The van der Waals surface area contributed by atoms with E-state index in [4.69, 9.17) is 5.73 Å². The number of carbonyl (C=O) groups excluding carboxylic acids is 1. The number of amides is 1. The third-order valence-electron chi connectivity index (χ3n) is 4.26. The van der Waals surface area contributed by atoms with Gasteiger partial charge in [0.15, 0.2) is 0 Å². The Bertz CT molecular complexity index is 591. The second-order valence-electron chi connectivity index (χ2n) is 5.57. The molecule has 0 spiro atoms. The van der Waals surface area contributed by atoms with Gasteiger partial charge < -0.3 is 16.0 Å². The van der Waals surface area contributed by atoms with Gasteiger partial charge in [-0.05, 0) is 43.0 Å². The number of H-pyrrole nitrogens is 1. The molecule has 1 amide bonds. The maximum absolute atomic E-state index is 12.3. The zero-order chi connectivity index (χ0) is 14.7. The zero-order valence-electron chi connectivity index (χ0n) is 11.9. The van der Waals surface area contributed by atoms with Crippen molar-refractivity contribution in [2.45, 2.75) is 19.3 Å². The number of aromatic nitrogens is 2.